The first-order valence-corrected chi connectivity index (χ1v) is 4.52. The first-order chi connectivity index (χ1) is 7.15. The number of esters is 1. The molecule has 1 aromatic rings. The lowest BCUT2D eigenvalue weighted by molar-refractivity contribution is -0.137. The molecule has 0 saturated heterocycles. The van der Waals surface area contributed by atoms with Crippen molar-refractivity contribution < 1.29 is 9.53 Å². The van der Waals surface area contributed by atoms with Crippen molar-refractivity contribution in [3.8, 4) is 0 Å². The van der Waals surface area contributed by atoms with E-state index in [0.717, 1.165) is 5.56 Å². The number of rotatable bonds is 3. The summed E-state index contributed by atoms with van der Waals surface area (Å²) in [6.45, 7) is 0. The zero-order chi connectivity index (χ0) is 11.3. The Bertz CT molecular complexity index is 358. The normalized spacial score (nSPS) is 11.0. The van der Waals surface area contributed by atoms with Crippen molar-refractivity contribution in [1.29, 1.82) is 0 Å². The lowest BCUT2D eigenvalue weighted by atomic mass is 10.2. The Hall–Kier alpha value is -1.84. The number of carbonyl (C=O) groups is 1. The standard InChI is InChI=1S/C11H14N2O2/c1-13(2)10(11(14)15-3)8-9-4-6-12-7-5-9/h4-8H,1-3H3/b10-8+. The minimum Gasteiger partial charge on any atom is -0.464 e. The average molecular weight is 206 g/mol. The lowest BCUT2D eigenvalue weighted by Gasteiger charge is -2.14. The van der Waals surface area contributed by atoms with E-state index in [1.165, 1.54) is 7.11 Å². The molecule has 1 heterocycles. The number of carbonyl (C=O) groups excluding carboxylic acids is 1. The molecule has 0 aliphatic carbocycles. The molecule has 0 aromatic carbocycles. The highest BCUT2D eigenvalue weighted by Gasteiger charge is 2.11. The maximum absolute atomic E-state index is 11.4. The number of aromatic nitrogens is 1. The molecular weight excluding hydrogens is 192 g/mol. The second kappa shape index (κ2) is 5.14. The molecule has 0 unspecified atom stereocenters. The van der Waals surface area contributed by atoms with Crippen LogP contribution in [-0.2, 0) is 9.53 Å². The monoisotopic (exact) mass is 206 g/mol. The van der Waals surface area contributed by atoms with E-state index in [4.69, 9.17) is 0 Å². The molecule has 0 amide bonds. The molecule has 4 nitrogen and oxygen atoms in total. The van der Waals surface area contributed by atoms with Gasteiger partial charge >= 0.3 is 5.97 Å². The van der Waals surface area contributed by atoms with Crippen LogP contribution in [0, 0.1) is 0 Å². The zero-order valence-electron chi connectivity index (χ0n) is 9.10. The van der Waals surface area contributed by atoms with Crippen molar-refractivity contribution in [1.82, 2.24) is 9.88 Å². The number of hydrogen-bond acceptors (Lipinski definition) is 4. The second-order valence-corrected chi connectivity index (χ2v) is 3.20. The van der Waals surface area contributed by atoms with Gasteiger partial charge in [-0.3, -0.25) is 4.98 Å². The van der Waals surface area contributed by atoms with E-state index in [0.29, 0.717) is 5.70 Å². The quantitative estimate of drug-likeness (QED) is 0.549. The Morgan fingerprint density at radius 2 is 2.00 bits per heavy atom. The Balaban J connectivity index is 3.00. The Kier molecular flexibility index (Phi) is 3.85. The van der Waals surface area contributed by atoms with Crippen LogP contribution in [-0.4, -0.2) is 37.1 Å². The van der Waals surface area contributed by atoms with Crippen molar-refractivity contribution in [2.45, 2.75) is 0 Å². The predicted molar refractivity (Wildman–Crippen MR) is 57.9 cm³/mol. The third-order valence-corrected chi connectivity index (χ3v) is 1.89. The molecule has 80 valence electrons. The van der Waals surface area contributed by atoms with Gasteiger partial charge in [0.05, 0.1) is 7.11 Å². The first-order valence-electron chi connectivity index (χ1n) is 4.52. The smallest absolute Gasteiger partial charge is 0.354 e. The number of ether oxygens (including phenoxy) is 1. The van der Waals surface area contributed by atoms with Crippen molar-refractivity contribution in [3.63, 3.8) is 0 Å². The molecule has 0 N–H and O–H groups in total. The largest absolute Gasteiger partial charge is 0.464 e. The van der Waals surface area contributed by atoms with Crippen LogP contribution >= 0.6 is 0 Å². The van der Waals surface area contributed by atoms with E-state index >= 15 is 0 Å². The molecule has 0 atom stereocenters. The van der Waals surface area contributed by atoms with E-state index < -0.39 is 0 Å². The van der Waals surface area contributed by atoms with Crippen molar-refractivity contribution in [2.75, 3.05) is 21.2 Å². The summed E-state index contributed by atoms with van der Waals surface area (Å²) in [5.41, 5.74) is 1.42. The van der Waals surface area contributed by atoms with Crippen molar-refractivity contribution in [2.24, 2.45) is 0 Å². The number of methoxy groups -OCH3 is 1. The maximum atomic E-state index is 11.4. The summed E-state index contributed by atoms with van der Waals surface area (Å²) in [4.78, 5) is 17.0. The van der Waals surface area contributed by atoms with Gasteiger partial charge in [-0.25, -0.2) is 4.79 Å². The molecule has 0 spiro atoms. The zero-order valence-corrected chi connectivity index (χ0v) is 9.10. The van der Waals surface area contributed by atoms with Crippen LogP contribution in [0.5, 0.6) is 0 Å². The van der Waals surface area contributed by atoms with Crippen LogP contribution in [0.2, 0.25) is 0 Å². The van der Waals surface area contributed by atoms with E-state index in [-0.39, 0.29) is 5.97 Å². The number of nitrogens with zero attached hydrogens (tertiary/aromatic N) is 2. The molecule has 0 radical (unpaired) electrons. The summed E-state index contributed by atoms with van der Waals surface area (Å²) in [5, 5.41) is 0. The van der Waals surface area contributed by atoms with E-state index in [1.807, 2.05) is 12.1 Å². The number of pyridine rings is 1. The van der Waals surface area contributed by atoms with Gasteiger partial charge in [0.2, 0.25) is 0 Å². The van der Waals surface area contributed by atoms with Gasteiger partial charge in [-0.2, -0.15) is 0 Å². The summed E-state index contributed by atoms with van der Waals surface area (Å²) in [6.07, 6.45) is 5.11. The summed E-state index contributed by atoms with van der Waals surface area (Å²) in [5.74, 6) is -0.350. The molecule has 1 aromatic heterocycles. The van der Waals surface area contributed by atoms with Crippen LogP contribution in [0.15, 0.2) is 30.2 Å². The predicted octanol–water partition coefficient (Wildman–Crippen LogP) is 1.16. The third-order valence-electron chi connectivity index (χ3n) is 1.89. The summed E-state index contributed by atoms with van der Waals surface area (Å²) >= 11 is 0. The fourth-order valence-electron chi connectivity index (χ4n) is 1.09. The SMILES string of the molecule is COC(=O)/C(=C\c1ccncc1)N(C)C. The average Bonchev–Trinajstić information content (AvgIpc) is 2.26. The van der Waals surface area contributed by atoms with Gasteiger partial charge < -0.3 is 9.64 Å². The van der Waals surface area contributed by atoms with Crippen LogP contribution < -0.4 is 0 Å². The van der Waals surface area contributed by atoms with Crippen molar-refractivity contribution >= 4 is 12.0 Å². The highest BCUT2D eigenvalue weighted by atomic mass is 16.5. The number of hydrogen-bond donors (Lipinski definition) is 0. The molecule has 4 heteroatoms. The molecule has 0 saturated carbocycles. The summed E-state index contributed by atoms with van der Waals surface area (Å²) in [6, 6.07) is 3.65. The lowest BCUT2D eigenvalue weighted by Crippen LogP contribution is -2.20. The van der Waals surface area contributed by atoms with Crippen LogP contribution in [0.25, 0.3) is 6.08 Å². The molecule has 1 rings (SSSR count). The third kappa shape index (κ3) is 3.09. The van der Waals surface area contributed by atoms with Crippen molar-refractivity contribution in [3.05, 3.63) is 35.8 Å². The number of likely N-dealkylation sites (N-methyl/N-ethyl adjacent to an activating group) is 1. The Morgan fingerprint density at radius 1 is 1.40 bits per heavy atom. The summed E-state index contributed by atoms with van der Waals surface area (Å²) in [7, 11) is 4.96. The van der Waals surface area contributed by atoms with Crippen LogP contribution in [0.4, 0.5) is 0 Å². The minimum absolute atomic E-state index is 0.350. The fourth-order valence-corrected chi connectivity index (χ4v) is 1.09. The van der Waals surface area contributed by atoms with Gasteiger partial charge in [-0.15, -0.1) is 0 Å². The van der Waals surface area contributed by atoms with Gasteiger partial charge in [0, 0.05) is 26.5 Å². The topological polar surface area (TPSA) is 42.4 Å². The van der Waals surface area contributed by atoms with E-state index in [9.17, 15) is 4.79 Å². The highest BCUT2D eigenvalue weighted by molar-refractivity contribution is 5.92. The van der Waals surface area contributed by atoms with Gasteiger partial charge in [-0.05, 0) is 23.8 Å². The maximum Gasteiger partial charge on any atom is 0.354 e. The molecule has 0 bridgehead atoms. The molecule has 15 heavy (non-hydrogen) atoms. The Morgan fingerprint density at radius 3 is 2.47 bits per heavy atom. The van der Waals surface area contributed by atoms with Crippen LogP contribution in [0.3, 0.4) is 0 Å². The molecule has 0 fully saturated rings. The second-order valence-electron chi connectivity index (χ2n) is 3.20. The fraction of sp³-hybridized carbons (Fsp3) is 0.273. The van der Waals surface area contributed by atoms with E-state index in [2.05, 4.69) is 9.72 Å². The molecule has 0 aliphatic heterocycles. The Labute approximate surface area is 89.2 Å². The van der Waals surface area contributed by atoms with Crippen LogP contribution in [0.1, 0.15) is 5.56 Å². The highest BCUT2D eigenvalue weighted by Crippen LogP contribution is 2.08. The van der Waals surface area contributed by atoms with Gasteiger partial charge in [0.1, 0.15) is 5.70 Å². The van der Waals surface area contributed by atoms with E-state index in [1.54, 1.807) is 37.5 Å². The molecular formula is C11H14N2O2. The van der Waals surface area contributed by atoms with Gasteiger partial charge in [0.25, 0.3) is 0 Å². The first kappa shape index (κ1) is 11.2. The van der Waals surface area contributed by atoms with Gasteiger partial charge in [-0.1, -0.05) is 0 Å². The van der Waals surface area contributed by atoms with Gasteiger partial charge in [0.15, 0.2) is 0 Å². The minimum atomic E-state index is -0.350. The molecule has 0 aliphatic rings. The summed E-state index contributed by atoms with van der Waals surface area (Å²) < 4.78 is 4.68.